The second-order valence-electron chi connectivity index (χ2n) is 4.81. The van der Waals surface area contributed by atoms with Crippen LogP contribution in [0.15, 0.2) is 30.4 Å². The van der Waals surface area contributed by atoms with Crippen molar-refractivity contribution in [1.29, 1.82) is 0 Å². The van der Waals surface area contributed by atoms with Crippen LogP contribution in [0.5, 0.6) is 5.75 Å². The Hall–Kier alpha value is -2.37. The summed E-state index contributed by atoms with van der Waals surface area (Å²) in [7, 11) is 0. The van der Waals surface area contributed by atoms with Gasteiger partial charge in [0.05, 0.1) is 10.6 Å². The normalized spacial score (nSPS) is 17.4. The van der Waals surface area contributed by atoms with Crippen molar-refractivity contribution in [1.82, 2.24) is 0 Å². The predicted molar refractivity (Wildman–Crippen MR) is 75.0 cm³/mol. The summed E-state index contributed by atoms with van der Waals surface area (Å²) in [5.74, 6) is 0.298. The van der Waals surface area contributed by atoms with Gasteiger partial charge in [0.1, 0.15) is 5.75 Å². The van der Waals surface area contributed by atoms with Crippen molar-refractivity contribution in [3.8, 4) is 5.75 Å². The molecule has 0 radical (unpaired) electrons. The molecule has 1 unspecified atom stereocenters. The van der Waals surface area contributed by atoms with Crippen LogP contribution in [-0.4, -0.2) is 23.5 Å². The lowest BCUT2D eigenvalue weighted by Gasteiger charge is -2.34. The van der Waals surface area contributed by atoms with Gasteiger partial charge in [-0.25, -0.2) is 0 Å². The van der Waals surface area contributed by atoms with Gasteiger partial charge in [-0.1, -0.05) is 19.1 Å². The van der Waals surface area contributed by atoms with Crippen LogP contribution in [0.2, 0.25) is 0 Å². The van der Waals surface area contributed by atoms with Crippen molar-refractivity contribution < 1.29 is 14.5 Å². The summed E-state index contributed by atoms with van der Waals surface area (Å²) in [4.78, 5) is 24.2. The van der Waals surface area contributed by atoms with Crippen LogP contribution < -0.4 is 9.64 Å². The summed E-state index contributed by atoms with van der Waals surface area (Å²) in [5, 5.41) is 10.9. The fraction of sp³-hybridized carbons (Fsp3) is 0.357. The lowest BCUT2D eigenvalue weighted by molar-refractivity contribution is -0.384. The van der Waals surface area contributed by atoms with Gasteiger partial charge in [0.15, 0.2) is 6.10 Å². The Bertz CT molecular complexity index is 583. The minimum absolute atomic E-state index is 0.0678. The fourth-order valence-electron chi connectivity index (χ4n) is 2.12. The quantitative estimate of drug-likeness (QED) is 0.481. The van der Waals surface area contributed by atoms with E-state index in [2.05, 4.69) is 6.58 Å². The van der Waals surface area contributed by atoms with E-state index in [4.69, 9.17) is 4.74 Å². The van der Waals surface area contributed by atoms with Gasteiger partial charge >= 0.3 is 0 Å². The molecule has 0 spiro atoms. The van der Waals surface area contributed by atoms with E-state index in [0.717, 1.165) is 5.57 Å². The molecule has 1 aromatic rings. The van der Waals surface area contributed by atoms with Gasteiger partial charge in [-0.3, -0.25) is 14.9 Å². The molecule has 1 aromatic carbocycles. The molecule has 0 bridgehead atoms. The number of non-ortho nitro benzene ring substituents is 1. The third-order valence-corrected chi connectivity index (χ3v) is 3.05. The number of benzene rings is 1. The lowest BCUT2D eigenvalue weighted by Crippen LogP contribution is -2.46. The molecule has 0 aliphatic carbocycles. The number of nitrogens with zero attached hydrogens (tertiary/aromatic N) is 2. The van der Waals surface area contributed by atoms with Crippen molar-refractivity contribution in [3.05, 3.63) is 40.5 Å². The van der Waals surface area contributed by atoms with Crippen LogP contribution in [0, 0.1) is 10.1 Å². The average Bonchev–Trinajstić information content (AvgIpc) is 2.40. The van der Waals surface area contributed by atoms with Crippen LogP contribution in [-0.2, 0) is 4.79 Å². The molecule has 0 fully saturated rings. The molecule has 1 aliphatic rings. The molecule has 2 rings (SSSR count). The zero-order valence-corrected chi connectivity index (χ0v) is 11.5. The maximum atomic E-state index is 12.3. The van der Waals surface area contributed by atoms with E-state index < -0.39 is 11.0 Å². The topological polar surface area (TPSA) is 72.7 Å². The Balaban J connectivity index is 2.50. The molecule has 20 heavy (non-hydrogen) atoms. The first kappa shape index (κ1) is 14.0. The summed E-state index contributed by atoms with van der Waals surface area (Å²) in [6.07, 6.45) is -0.00889. The van der Waals surface area contributed by atoms with Crippen molar-refractivity contribution in [3.63, 3.8) is 0 Å². The zero-order chi connectivity index (χ0) is 14.9. The van der Waals surface area contributed by atoms with Crippen molar-refractivity contribution in [2.75, 3.05) is 11.4 Å². The number of fused-ring (bicyclic) bond motifs is 1. The highest BCUT2D eigenvalue weighted by molar-refractivity contribution is 6.00. The molecule has 0 saturated carbocycles. The minimum atomic E-state index is -0.552. The van der Waals surface area contributed by atoms with E-state index in [0.29, 0.717) is 24.4 Å². The largest absolute Gasteiger partial charge is 0.478 e. The molecule has 1 amide bonds. The highest BCUT2D eigenvalue weighted by Crippen LogP contribution is 2.37. The molecule has 6 heteroatoms. The molecular formula is C14H16N2O4. The number of nitro groups is 1. The summed E-state index contributed by atoms with van der Waals surface area (Å²) < 4.78 is 5.60. The minimum Gasteiger partial charge on any atom is -0.478 e. The molecule has 0 saturated heterocycles. The second-order valence-corrected chi connectivity index (χ2v) is 4.81. The van der Waals surface area contributed by atoms with E-state index >= 15 is 0 Å². The van der Waals surface area contributed by atoms with E-state index in [1.807, 2.05) is 6.92 Å². The number of nitro benzene ring substituents is 1. The number of amides is 1. The summed E-state index contributed by atoms with van der Waals surface area (Å²) in [5.41, 5.74) is 1.16. The van der Waals surface area contributed by atoms with Crippen LogP contribution in [0.4, 0.5) is 11.4 Å². The number of ether oxygens (including phenoxy) is 1. The van der Waals surface area contributed by atoms with Crippen molar-refractivity contribution in [2.24, 2.45) is 0 Å². The summed E-state index contributed by atoms with van der Waals surface area (Å²) in [6, 6.07) is 4.27. The average molecular weight is 276 g/mol. The smallest absolute Gasteiger partial charge is 0.271 e. The fourth-order valence-corrected chi connectivity index (χ4v) is 2.12. The summed E-state index contributed by atoms with van der Waals surface area (Å²) >= 11 is 0. The van der Waals surface area contributed by atoms with Crippen molar-refractivity contribution in [2.45, 2.75) is 26.4 Å². The Kier molecular flexibility index (Phi) is 3.74. The van der Waals surface area contributed by atoms with Gasteiger partial charge in [-0.15, -0.1) is 0 Å². The van der Waals surface area contributed by atoms with Gasteiger partial charge < -0.3 is 9.64 Å². The maximum Gasteiger partial charge on any atom is 0.271 e. The maximum absolute atomic E-state index is 12.3. The highest BCUT2D eigenvalue weighted by Gasteiger charge is 2.34. The Morgan fingerprint density at radius 1 is 1.55 bits per heavy atom. The van der Waals surface area contributed by atoms with E-state index in [-0.39, 0.29) is 11.6 Å². The first-order valence-electron chi connectivity index (χ1n) is 6.35. The van der Waals surface area contributed by atoms with E-state index in [9.17, 15) is 14.9 Å². The molecule has 1 heterocycles. The Labute approximate surface area is 116 Å². The van der Waals surface area contributed by atoms with Gasteiger partial charge in [-0.05, 0) is 19.4 Å². The number of carbonyl (C=O) groups excluding carboxylic acids is 1. The van der Waals surface area contributed by atoms with Gasteiger partial charge in [-0.2, -0.15) is 0 Å². The molecule has 6 nitrogen and oxygen atoms in total. The van der Waals surface area contributed by atoms with E-state index in [1.165, 1.54) is 23.1 Å². The third-order valence-electron chi connectivity index (χ3n) is 3.05. The summed E-state index contributed by atoms with van der Waals surface area (Å²) in [6.45, 7) is 7.79. The number of hydrogen-bond acceptors (Lipinski definition) is 4. The predicted octanol–water partition coefficient (Wildman–Crippen LogP) is 2.67. The van der Waals surface area contributed by atoms with Crippen LogP contribution in [0.1, 0.15) is 20.3 Å². The standard InChI is InChI=1S/C14H16N2O4/c1-4-12-14(17)15(8-9(2)3)11-7-10(16(18)19)5-6-13(11)20-12/h5-7,12H,2,4,8H2,1,3H3. The zero-order valence-electron chi connectivity index (χ0n) is 11.5. The highest BCUT2D eigenvalue weighted by atomic mass is 16.6. The number of anilines is 1. The van der Waals surface area contributed by atoms with Crippen molar-refractivity contribution >= 4 is 17.3 Å². The Morgan fingerprint density at radius 2 is 2.25 bits per heavy atom. The number of rotatable bonds is 4. The van der Waals surface area contributed by atoms with Gasteiger partial charge in [0.25, 0.3) is 11.6 Å². The van der Waals surface area contributed by atoms with Crippen LogP contribution >= 0.6 is 0 Å². The molecule has 1 atom stereocenters. The van der Waals surface area contributed by atoms with Gasteiger partial charge in [0, 0.05) is 18.7 Å². The molecule has 1 aliphatic heterocycles. The lowest BCUT2D eigenvalue weighted by atomic mass is 10.1. The number of carbonyl (C=O) groups is 1. The first-order chi connectivity index (χ1) is 9.43. The molecule has 0 aromatic heterocycles. The SMILES string of the molecule is C=C(C)CN1C(=O)C(CC)Oc2ccc([N+](=O)[O-])cc21. The van der Waals surface area contributed by atoms with Gasteiger partial charge in [0.2, 0.25) is 0 Å². The molecular weight excluding hydrogens is 260 g/mol. The van der Waals surface area contributed by atoms with E-state index in [1.54, 1.807) is 6.92 Å². The first-order valence-corrected chi connectivity index (χ1v) is 6.35. The Morgan fingerprint density at radius 3 is 2.80 bits per heavy atom. The second kappa shape index (κ2) is 5.32. The number of hydrogen-bond donors (Lipinski definition) is 0. The molecule has 106 valence electrons. The molecule has 0 N–H and O–H groups in total. The third kappa shape index (κ3) is 2.49. The van der Waals surface area contributed by atoms with Crippen LogP contribution in [0.25, 0.3) is 0 Å². The monoisotopic (exact) mass is 276 g/mol. The van der Waals surface area contributed by atoms with Crippen LogP contribution in [0.3, 0.4) is 0 Å².